The molecule has 6 heteroatoms. The normalized spacial score (nSPS) is 19.2. The molecule has 1 saturated heterocycles. The minimum atomic E-state index is -2.16. The first-order valence-corrected chi connectivity index (χ1v) is 8.47. The topological polar surface area (TPSA) is 67.8 Å². The molecule has 1 amide bonds. The number of carbonyl (C=O) groups is 1. The van der Waals surface area contributed by atoms with Gasteiger partial charge in [0.1, 0.15) is 6.10 Å². The number of anilines is 1. The van der Waals surface area contributed by atoms with Crippen molar-refractivity contribution in [1.82, 2.24) is 0 Å². The molecule has 0 unspecified atom stereocenters. The second-order valence-corrected chi connectivity index (χ2v) is 7.36. The first kappa shape index (κ1) is 14.0. The highest BCUT2D eigenvalue weighted by Gasteiger charge is 2.23. The molecule has 1 heterocycles. The smallest absolute Gasteiger partial charge is 0.253 e. The highest BCUT2D eigenvalue weighted by Crippen LogP contribution is 2.19. The molecule has 104 valence electrons. The van der Waals surface area contributed by atoms with Gasteiger partial charge in [-0.05, 0) is 37.1 Å². The fraction of sp³-hybridized carbons (Fsp3) is 0.462. The van der Waals surface area contributed by atoms with E-state index in [-0.39, 0.29) is 12.0 Å². The van der Waals surface area contributed by atoms with Crippen molar-refractivity contribution in [2.75, 3.05) is 24.4 Å². The molecule has 1 aliphatic heterocycles. The number of nitrogens with zero attached hydrogens (tertiary/aromatic N) is 1. The second-order valence-electron chi connectivity index (χ2n) is 4.81. The Bertz CT molecular complexity index is 560. The predicted molar refractivity (Wildman–Crippen MR) is 76.1 cm³/mol. The summed E-state index contributed by atoms with van der Waals surface area (Å²) >= 11 is 0. The number of amides is 1. The van der Waals surface area contributed by atoms with E-state index in [1.807, 2.05) is 0 Å². The van der Waals surface area contributed by atoms with Crippen molar-refractivity contribution in [2.45, 2.75) is 18.9 Å². The van der Waals surface area contributed by atoms with Crippen molar-refractivity contribution in [3.05, 3.63) is 24.3 Å². The number of carbonyl (C=O) groups excluding carboxylic acids is 1. The van der Waals surface area contributed by atoms with Gasteiger partial charge in [-0.1, -0.05) is 0 Å². The van der Waals surface area contributed by atoms with Crippen LogP contribution in [-0.4, -0.2) is 35.3 Å². The maximum absolute atomic E-state index is 11.8. The SMILES string of the molecule is CS(C)(=O)=Nc1ccc(NC(=O)[C@H]2CCCO2)cc1. The van der Waals surface area contributed by atoms with Crippen molar-refractivity contribution < 1.29 is 13.7 Å². The van der Waals surface area contributed by atoms with E-state index >= 15 is 0 Å². The molecule has 1 N–H and O–H groups in total. The lowest BCUT2D eigenvalue weighted by Crippen LogP contribution is -2.26. The van der Waals surface area contributed by atoms with Crippen molar-refractivity contribution >= 4 is 27.0 Å². The van der Waals surface area contributed by atoms with Gasteiger partial charge in [0.15, 0.2) is 0 Å². The maximum Gasteiger partial charge on any atom is 0.253 e. The van der Waals surface area contributed by atoms with Crippen LogP contribution < -0.4 is 5.32 Å². The summed E-state index contributed by atoms with van der Waals surface area (Å²) in [6, 6.07) is 6.96. The Morgan fingerprint density at radius 1 is 1.37 bits per heavy atom. The Kier molecular flexibility index (Phi) is 4.21. The average Bonchev–Trinajstić information content (AvgIpc) is 2.83. The minimum absolute atomic E-state index is 0.114. The summed E-state index contributed by atoms with van der Waals surface area (Å²) in [5.74, 6) is -0.114. The molecule has 1 aromatic rings. The van der Waals surface area contributed by atoms with E-state index in [9.17, 15) is 9.00 Å². The van der Waals surface area contributed by atoms with Crippen LogP contribution in [0.1, 0.15) is 12.8 Å². The number of hydrogen-bond acceptors (Lipinski definition) is 4. The lowest BCUT2D eigenvalue weighted by atomic mass is 10.2. The summed E-state index contributed by atoms with van der Waals surface area (Å²) in [7, 11) is -2.16. The largest absolute Gasteiger partial charge is 0.368 e. The Balaban J connectivity index is 2.02. The van der Waals surface area contributed by atoms with E-state index in [1.54, 1.807) is 36.8 Å². The van der Waals surface area contributed by atoms with Gasteiger partial charge in [-0.15, -0.1) is 0 Å². The molecule has 1 fully saturated rings. The quantitative estimate of drug-likeness (QED) is 0.923. The zero-order chi connectivity index (χ0) is 13.9. The number of benzene rings is 1. The fourth-order valence-corrected chi connectivity index (χ4v) is 2.50. The Labute approximate surface area is 113 Å². The average molecular weight is 282 g/mol. The monoisotopic (exact) mass is 282 g/mol. The van der Waals surface area contributed by atoms with Gasteiger partial charge >= 0.3 is 0 Å². The lowest BCUT2D eigenvalue weighted by Gasteiger charge is -2.10. The third kappa shape index (κ3) is 4.33. The van der Waals surface area contributed by atoms with Gasteiger partial charge in [-0.2, -0.15) is 4.36 Å². The summed E-state index contributed by atoms with van der Waals surface area (Å²) in [4.78, 5) is 11.8. The summed E-state index contributed by atoms with van der Waals surface area (Å²) in [6.45, 7) is 0.650. The number of nitrogens with one attached hydrogen (secondary N) is 1. The van der Waals surface area contributed by atoms with Crippen LogP contribution >= 0.6 is 0 Å². The standard InChI is InChI=1S/C13H18N2O3S/c1-19(2,17)15-11-7-5-10(6-8-11)14-13(16)12-4-3-9-18-12/h5-8,12H,3-4,9H2,1-2H3,(H,14,16)/t12-/m1/s1. The van der Waals surface area contributed by atoms with Crippen LogP contribution in [0.3, 0.4) is 0 Å². The second kappa shape index (κ2) is 5.71. The van der Waals surface area contributed by atoms with Gasteiger partial charge in [-0.3, -0.25) is 4.79 Å². The van der Waals surface area contributed by atoms with E-state index in [1.165, 1.54) is 0 Å². The Morgan fingerprint density at radius 3 is 2.58 bits per heavy atom. The summed E-state index contributed by atoms with van der Waals surface area (Å²) < 4.78 is 20.9. The Morgan fingerprint density at radius 2 is 2.05 bits per heavy atom. The van der Waals surface area contributed by atoms with Gasteiger partial charge in [0.2, 0.25) is 0 Å². The van der Waals surface area contributed by atoms with Crippen LogP contribution in [0.2, 0.25) is 0 Å². The first-order valence-electron chi connectivity index (χ1n) is 6.14. The zero-order valence-corrected chi connectivity index (χ0v) is 11.9. The molecule has 0 saturated carbocycles. The molecule has 0 spiro atoms. The number of rotatable bonds is 3. The van der Waals surface area contributed by atoms with Gasteiger partial charge in [0.25, 0.3) is 5.91 Å². The molecule has 0 aromatic heterocycles. The molecule has 0 bridgehead atoms. The molecule has 2 rings (SSSR count). The van der Waals surface area contributed by atoms with Crippen molar-refractivity contribution in [1.29, 1.82) is 0 Å². The van der Waals surface area contributed by atoms with Crippen LogP contribution in [0.5, 0.6) is 0 Å². The fourth-order valence-electron chi connectivity index (χ4n) is 1.87. The van der Waals surface area contributed by atoms with E-state index in [4.69, 9.17) is 4.74 Å². The number of hydrogen-bond donors (Lipinski definition) is 1. The van der Waals surface area contributed by atoms with Gasteiger partial charge < -0.3 is 10.1 Å². The van der Waals surface area contributed by atoms with E-state index in [0.717, 1.165) is 12.8 Å². The summed E-state index contributed by atoms with van der Waals surface area (Å²) in [6.07, 6.45) is 4.53. The van der Waals surface area contributed by atoms with Crippen LogP contribution in [-0.2, 0) is 19.3 Å². The van der Waals surface area contributed by atoms with E-state index < -0.39 is 9.73 Å². The minimum Gasteiger partial charge on any atom is -0.368 e. The van der Waals surface area contributed by atoms with Crippen LogP contribution in [0.15, 0.2) is 28.6 Å². The maximum atomic E-state index is 11.8. The van der Waals surface area contributed by atoms with Crippen molar-refractivity contribution in [2.24, 2.45) is 4.36 Å². The molecule has 1 aromatic carbocycles. The van der Waals surface area contributed by atoms with Gasteiger partial charge in [0, 0.05) is 34.5 Å². The Hall–Kier alpha value is -1.40. The molecule has 0 aliphatic carbocycles. The van der Waals surface area contributed by atoms with Gasteiger partial charge in [0.05, 0.1) is 5.69 Å². The molecule has 5 nitrogen and oxygen atoms in total. The summed E-state index contributed by atoms with van der Waals surface area (Å²) in [5, 5.41) is 2.80. The lowest BCUT2D eigenvalue weighted by molar-refractivity contribution is -0.124. The van der Waals surface area contributed by atoms with Crippen LogP contribution in [0.25, 0.3) is 0 Å². The zero-order valence-electron chi connectivity index (χ0n) is 11.1. The molecular weight excluding hydrogens is 264 g/mol. The highest BCUT2D eigenvalue weighted by atomic mass is 32.2. The van der Waals surface area contributed by atoms with Gasteiger partial charge in [-0.25, -0.2) is 4.21 Å². The molecule has 1 atom stereocenters. The molecule has 0 radical (unpaired) electrons. The molecular formula is C13H18N2O3S. The third-order valence-electron chi connectivity index (χ3n) is 2.68. The molecule has 19 heavy (non-hydrogen) atoms. The third-order valence-corrected chi connectivity index (χ3v) is 3.33. The van der Waals surface area contributed by atoms with Crippen LogP contribution in [0, 0.1) is 0 Å². The predicted octanol–water partition coefficient (Wildman–Crippen LogP) is 2.16. The van der Waals surface area contributed by atoms with Crippen LogP contribution in [0.4, 0.5) is 11.4 Å². The van der Waals surface area contributed by atoms with Crippen molar-refractivity contribution in [3.63, 3.8) is 0 Å². The highest BCUT2D eigenvalue weighted by molar-refractivity contribution is 7.92. The van der Waals surface area contributed by atoms with E-state index in [2.05, 4.69) is 9.68 Å². The van der Waals surface area contributed by atoms with E-state index in [0.29, 0.717) is 18.0 Å². The number of ether oxygens (including phenoxy) is 1. The summed E-state index contributed by atoms with van der Waals surface area (Å²) in [5.41, 5.74) is 1.34. The molecule has 1 aliphatic rings. The van der Waals surface area contributed by atoms with Crippen molar-refractivity contribution in [3.8, 4) is 0 Å². The first-order chi connectivity index (χ1) is 8.94.